The molecule has 1 heterocycles. The first-order valence-corrected chi connectivity index (χ1v) is 11.1. The molecule has 1 aromatic carbocycles. The summed E-state index contributed by atoms with van der Waals surface area (Å²) in [5.41, 5.74) is 2.30. The van der Waals surface area contributed by atoms with Gasteiger partial charge < -0.3 is 4.90 Å². The van der Waals surface area contributed by atoms with Crippen molar-refractivity contribution in [1.82, 2.24) is 4.90 Å². The Labute approximate surface area is 154 Å². The van der Waals surface area contributed by atoms with Gasteiger partial charge in [-0.3, -0.25) is 0 Å². The van der Waals surface area contributed by atoms with Gasteiger partial charge in [0.15, 0.2) is 0 Å². The lowest BCUT2D eigenvalue weighted by Crippen LogP contribution is -2.49. The van der Waals surface area contributed by atoms with Crippen LogP contribution in [0.15, 0.2) is 30.3 Å². The Morgan fingerprint density at radius 3 is 2.04 bits per heavy atom. The van der Waals surface area contributed by atoms with Gasteiger partial charge in [-0.25, -0.2) is 0 Å². The van der Waals surface area contributed by atoms with Crippen molar-refractivity contribution in [3.8, 4) is 0 Å². The Kier molecular flexibility index (Phi) is 4.40. The van der Waals surface area contributed by atoms with Crippen LogP contribution in [-0.2, 0) is 0 Å². The third-order valence-electron chi connectivity index (χ3n) is 8.21. The lowest BCUT2D eigenvalue weighted by Gasteiger charge is -2.60. The molecule has 1 aliphatic heterocycles. The molecule has 5 aliphatic rings. The van der Waals surface area contributed by atoms with E-state index in [1.807, 2.05) is 0 Å². The number of hydrogen-bond acceptors (Lipinski definition) is 1. The topological polar surface area (TPSA) is 3.24 Å². The molecule has 4 bridgehead atoms. The highest BCUT2D eigenvalue weighted by Crippen LogP contribution is 2.65. The zero-order valence-electron chi connectivity index (χ0n) is 15.8. The van der Waals surface area contributed by atoms with Crippen LogP contribution in [0.3, 0.4) is 0 Å². The van der Waals surface area contributed by atoms with Crippen molar-refractivity contribution in [3.63, 3.8) is 0 Å². The molecule has 4 aliphatic carbocycles. The number of benzene rings is 1. The van der Waals surface area contributed by atoms with Gasteiger partial charge in [0.1, 0.15) is 0 Å². The maximum absolute atomic E-state index is 2.76. The molecule has 0 aromatic heterocycles. The van der Waals surface area contributed by atoms with E-state index in [1.165, 1.54) is 45.3 Å². The molecule has 136 valence electrons. The summed E-state index contributed by atoms with van der Waals surface area (Å²) in [5, 5.41) is 0. The zero-order valence-corrected chi connectivity index (χ0v) is 15.8. The molecule has 1 atom stereocenters. The lowest BCUT2D eigenvalue weighted by molar-refractivity contribution is -0.0713. The van der Waals surface area contributed by atoms with Crippen LogP contribution in [0.25, 0.3) is 0 Å². The van der Waals surface area contributed by atoms with Crippen LogP contribution in [0.1, 0.15) is 75.7 Å². The summed E-state index contributed by atoms with van der Waals surface area (Å²) in [5.74, 6) is 4.00. The molecule has 0 spiro atoms. The Bertz CT molecular complexity index is 536. The summed E-state index contributed by atoms with van der Waals surface area (Å²) >= 11 is 0. The average molecular weight is 338 g/mol. The highest BCUT2D eigenvalue weighted by atomic mass is 15.1. The molecule has 5 fully saturated rings. The van der Waals surface area contributed by atoms with E-state index < -0.39 is 0 Å². The second-order valence-corrected chi connectivity index (χ2v) is 9.93. The molecular weight excluding hydrogens is 302 g/mol. The number of likely N-dealkylation sites (tertiary alicyclic amines) is 1. The number of rotatable bonds is 5. The summed E-state index contributed by atoms with van der Waals surface area (Å²) in [4.78, 5) is 2.76. The molecule has 1 aromatic rings. The second kappa shape index (κ2) is 6.72. The molecule has 1 unspecified atom stereocenters. The van der Waals surface area contributed by atoms with Crippen molar-refractivity contribution in [3.05, 3.63) is 35.9 Å². The van der Waals surface area contributed by atoms with E-state index in [4.69, 9.17) is 0 Å². The largest absolute Gasteiger partial charge is 0.303 e. The van der Waals surface area contributed by atoms with Crippen molar-refractivity contribution in [2.24, 2.45) is 23.2 Å². The van der Waals surface area contributed by atoms with Gasteiger partial charge in [-0.05, 0) is 112 Å². The number of nitrogens with zero attached hydrogens (tertiary/aromatic N) is 1. The monoisotopic (exact) mass is 337 g/mol. The van der Waals surface area contributed by atoms with E-state index in [0.717, 1.165) is 23.7 Å². The van der Waals surface area contributed by atoms with E-state index in [-0.39, 0.29) is 0 Å². The van der Waals surface area contributed by atoms with E-state index >= 15 is 0 Å². The van der Waals surface area contributed by atoms with Crippen LogP contribution in [0.2, 0.25) is 0 Å². The highest BCUT2D eigenvalue weighted by molar-refractivity contribution is 5.24. The fourth-order valence-corrected chi connectivity index (χ4v) is 7.61. The van der Waals surface area contributed by atoms with Gasteiger partial charge in [0.2, 0.25) is 0 Å². The molecule has 0 radical (unpaired) electrons. The standard InChI is InChI=1S/C24H35N/c1-3-7-22(8-4-1)23(9-12-25-10-5-2-6-11-25)24-16-19-13-20(17-24)15-21(14-19)18-24/h1,3-4,7-8,19-21,23H,2,5-6,9-18H2. The van der Waals surface area contributed by atoms with Crippen molar-refractivity contribution < 1.29 is 0 Å². The molecule has 1 nitrogen and oxygen atoms in total. The van der Waals surface area contributed by atoms with Gasteiger partial charge >= 0.3 is 0 Å². The fraction of sp³-hybridized carbons (Fsp3) is 0.750. The van der Waals surface area contributed by atoms with Crippen LogP contribution < -0.4 is 0 Å². The van der Waals surface area contributed by atoms with E-state index in [2.05, 4.69) is 35.2 Å². The summed E-state index contributed by atoms with van der Waals surface area (Å²) in [6.07, 6.45) is 15.0. The SMILES string of the molecule is c1ccc(C(CCN2CCCCC2)C23CC4CC(CC(C4)C2)C3)cc1. The maximum Gasteiger partial charge on any atom is -0.00127 e. The molecule has 1 saturated heterocycles. The van der Waals surface area contributed by atoms with Crippen molar-refractivity contribution >= 4 is 0 Å². The van der Waals surface area contributed by atoms with Crippen molar-refractivity contribution in [1.29, 1.82) is 0 Å². The Morgan fingerprint density at radius 1 is 0.840 bits per heavy atom. The van der Waals surface area contributed by atoms with Gasteiger partial charge in [0, 0.05) is 0 Å². The van der Waals surface area contributed by atoms with Gasteiger partial charge in [-0.15, -0.1) is 0 Å². The van der Waals surface area contributed by atoms with Gasteiger partial charge in [-0.2, -0.15) is 0 Å². The minimum Gasteiger partial charge on any atom is -0.303 e. The lowest BCUT2D eigenvalue weighted by atomic mass is 9.45. The van der Waals surface area contributed by atoms with Crippen LogP contribution in [0.5, 0.6) is 0 Å². The van der Waals surface area contributed by atoms with Gasteiger partial charge in [0.05, 0.1) is 0 Å². The van der Waals surface area contributed by atoms with E-state index in [9.17, 15) is 0 Å². The summed E-state index contributed by atoms with van der Waals surface area (Å²) in [6, 6.07) is 11.7. The predicted octanol–water partition coefficient (Wildman–Crippen LogP) is 5.86. The molecule has 0 N–H and O–H groups in total. The average Bonchev–Trinajstić information content (AvgIpc) is 2.62. The highest BCUT2D eigenvalue weighted by Gasteiger charge is 2.54. The minimum absolute atomic E-state index is 0.645. The fourth-order valence-electron chi connectivity index (χ4n) is 7.61. The smallest absolute Gasteiger partial charge is 0.00127 e. The molecule has 4 saturated carbocycles. The molecule has 1 heteroatoms. The Morgan fingerprint density at radius 2 is 1.44 bits per heavy atom. The summed E-state index contributed by atoms with van der Waals surface area (Å²) in [7, 11) is 0. The van der Waals surface area contributed by atoms with Crippen molar-refractivity contribution in [2.45, 2.75) is 70.1 Å². The van der Waals surface area contributed by atoms with E-state index in [1.54, 1.807) is 44.1 Å². The first kappa shape index (κ1) is 16.4. The van der Waals surface area contributed by atoms with Gasteiger partial charge in [0.25, 0.3) is 0 Å². The Balaban J connectivity index is 1.39. The number of piperidine rings is 1. The summed E-state index contributed by atoms with van der Waals surface area (Å²) < 4.78 is 0. The molecule has 6 rings (SSSR count). The maximum atomic E-state index is 2.76. The minimum atomic E-state index is 0.645. The summed E-state index contributed by atoms with van der Waals surface area (Å²) in [6.45, 7) is 4.03. The zero-order chi connectivity index (χ0) is 16.7. The van der Waals surface area contributed by atoms with Crippen LogP contribution in [0.4, 0.5) is 0 Å². The second-order valence-electron chi connectivity index (χ2n) is 9.93. The quantitative estimate of drug-likeness (QED) is 0.650. The molecule has 25 heavy (non-hydrogen) atoms. The normalized spacial score (nSPS) is 38.8. The molecular formula is C24H35N. The third-order valence-corrected chi connectivity index (χ3v) is 8.21. The van der Waals surface area contributed by atoms with E-state index in [0.29, 0.717) is 5.41 Å². The van der Waals surface area contributed by atoms with Crippen LogP contribution in [-0.4, -0.2) is 24.5 Å². The molecule has 0 amide bonds. The third kappa shape index (κ3) is 3.18. The first-order chi connectivity index (χ1) is 12.3. The Hall–Kier alpha value is -0.820. The first-order valence-electron chi connectivity index (χ1n) is 11.1. The van der Waals surface area contributed by atoms with Gasteiger partial charge in [-0.1, -0.05) is 36.8 Å². The number of hydrogen-bond donors (Lipinski definition) is 0. The van der Waals surface area contributed by atoms with Crippen LogP contribution >= 0.6 is 0 Å². The van der Waals surface area contributed by atoms with Crippen LogP contribution in [0, 0.1) is 23.2 Å². The van der Waals surface area contributed by atoms with Crippen molar-refractivity contribution in [2.75, 3.05) is 19.6 Å². The predicted molar refractivity (Wildman–Crippen MR) is 105 cm³/mol.